The van der Waals surface area contributed by atoms with Crippen molar-refractivity contribution in [1.29, 1.82) is 0 Å². The lowest BCUT2D eigenvalue weighted by Crippen LogP contribution is -2.40. The van der Waals surface area contributed by atoms with Gasteiger partial charge in [-0.3, -0.25) is 4.79 Å². The van der Waals surface area contributed by atoms with Crippen molar-refractivity contribution in [2.75, 3.05) is 27.1 Å². The lowest BCUT2D eigenvalue weighted by Gasteiger charge is -2.18. The van der Waals surface area contributed by atoms with Gasteiger partial charge in [0.25, 0.3) is 0 Å². The average molecular weight is 543 g/mol. The van der Waals surface area contributed by atoms with Gasteiger partial charge in [0, 0.05) is 12.5 Å². The summed E-state index contributed by atoms with van der Waals surface area (Å²) in [4.78, 5) is 10.8. The van der Waals surface area contributed by atoms with E-state index in [2.05, 4.69) is 35.0 Å². The second-order valence-electron chi connectivity index (χ2n) is 10.0. The van der Waals surface area contributed by atoms with Crippen LogP contribution in [0, 0.1) is 0 Å². The smallest absolute Gasteiger partial charge is 0.307 e. The van der Waals surface area contributed by atoms with E-state index < -0.39 is 5.97 Å². The molecular weight excluding hydrogens is 510 g/mol. The number of nitrogens with zero attached hydrogens (tertiary/aromatic N) is 1. The number of carboxylic acids is 1. The van der Waals surface area contributed by atoms with E-state index in [1.54, 1.807) is 19.2 Å². The summed E-state index contributed by atoms with van der Waals surface area (Å²) in [5.41, 5.74) is 4.36. The fraction of sp³-hybridized carbons (Fsp3) is 0.312. The largest absolute Gasteiger partial charge is 0.494 e. The van der Waals surface area contributed by atoms with Gasteiger partial charge in [-0.25, -0.2) is 0 Å². The minimum atomic E-state index is -0.838. The number of pyridine rings is 1. The highest BCUT2D eigenvalue weighted by Crippen LogP contribution is 2.41. The van der Waals surface area contributed by atoms with E-state index in [1.807, 2.05) is 18.2 Å². The van der Waals surface area contributed by atoms with Gasteiger partial charge in [-0.2, -0.15) is 4.57 Å². The highest BCUT2D eigenvalue weighted by molar-refractivity contribution is 5.91. The van der Waals surface area contributed by atoms with Gasteiger partial charge in [-0.05, 0) is 72.2 Å². The molecule has 0 aliphatic carbocycles. The van der Waals surface area contributed by atoms with E-state index in [0.717, 1.165) is 83.0 Å². The summed E-state index contributed by atoms with van der Waals surface area (Å²) in [6.45, 7) is 2.32. The number of benzene rings is 3. The molecule has 0 fully saturated rings. The lowest BCUT2D eigenvalue weighted by molar-refractivity contribution is -0.686. The van der Waals surface area contributed by atoms with E-state index in [9.17, 15) is 4.79 Å². The fourth-order valence-corrected chi connectivity index (χ4v) is 5.33. The number of fused-ring (bicyclic) bond motifs is 5. The second-order valence-corrected chi connectivity index (χ2v) is 10.0. The van der Waals surface area contributed by atoms with E-state index in [-0.39, 0.29) is 13.2 Å². The molecule has 0 amide bonds. The maximum absolute atomic E-state index is 10.8. The van der Waals surface area contributed by atoms with Crippen molar-refractivity contribution in [2.45, 2.75) is 38.6 Å². The summed E-state index contributed by atoms with van der Waals surface area (Å²) < 4.78 is 31.3. The number of unbranched alkanes of at least 4 members (excludes halogenated alkanes) is 2. The van der Waals surface area contributed by atoms with Gasteiger partial charge in [0.15, 0.2) is 35.7 Å². The van der Waals surface area contributed by atoms with Crippen LogP contribution in [0.4, 0.5) is 0 Å². The Bertz CT molecular complexity index is 1550. The summed E-state index contributed by atoms with van der Waals surface area (Å²) in [5.74, 6) is 3.03. The van der Waals surface area contributed by atoms with Gasteiger partial charge in [0.1, 0.15) is 5.75 Å². The number of ether oxygens (including phenoxy) is 5. The number of aryl methyl sites for hydroxylation is 2. The Labute approximate surface area is 232 Å². The number of rotatable bonds is 11. The van der Waals surface area contributed by atoms with Crippen molar-refractivity contribution >= 4 is 16.7 Å². The molecule has 0 saturated heterocycles. The van der Waals surface area contributed by atoms with Crippen molar-refractivity contribution in [1.82, 2.24) is 0 Å². The summed E-state index contributed by atoms with van der Waals surface area (Å²) in [5, 5.41) is 11.0. The highest BCUT2D eigenvalue weighted by atomic mass is 16.7. The van der Waals surface area contributed by atoms with E-state index >= 15 is 0 Å². The molecule has 0 bridgehead atoms. The molecule has 0 atom stereocenters. The molecular formula is C32H32NO7+. The highest BCUT2D eigenvalue weighted by Gasteiger charge is 2.28. The third kappa shape index (κ3) is 5.34. The van der Waals surface area contributed by atoms with Crippen LogP contribution in [0.2, 0.25) is 0 Å². The molecule has 8 heteroatoms. The van der Waals surface area contributed by atoms with E-state index in [0.29, 0.717) is 13.2 Å². The number of aliphatic carboxylic acids is 1. The van der Waals surface area contributed by atoms with Gasteiger partial charge >= 0.3 is 5.97 Å². The molecule has 1 aromatic heterocycles. The monoisotopic (exact) mass is 542 g/mol. The lowest BCUT2D eigenvalue weighted by atomic mass is 9.95. The average Bonchev–Trinajstić information content (AvgIpc) is 3.42. The molecule has 8 nitrogen and oxygen atoms in total. The Morgan fingerprint density at radius 1 is 0.950 bits per heavy atom. The molecule has 6 rings (SSSR count). The van der Waals surface area contributed by atoms with Crippen LogP contribution < -0.4 is 28.3 Å². The first kappa shape index (κ1) is 25.8. The zero-order chi connectivity index (χ0) is 27.5. The zero-order valence-corrected chi connectivity index (χ0v) is 22.5. The number of methoxy groups -OCH3 is 1. The van der Waals surface area contributed by atoms with Crippen molar-refractivity contribution in [3.05, 3.63) is 71.9 Å². The van der Waals surface area contributed by atoms with Crippen molar-refractivity contribution in [3.63, 3.8) is 0 Å². The first-order chi connectivity index (χ1) is 19.6. The number of aromatic nitrogens is 1. The van der Waals surface area contributed by atoms with Crippen molar-refractivity contribution in [3.8, 4) is 40.0 Å². The SMILES string of the molecule is COc1ccc2cc3[n+](cc2c1OCCCCCOc1ccc(CC(=O)O)cc1)CCc1cc2c(cc1-3)OCO2. The van der Waals surface area contributed by atoms with Gasteiger partial charge < -0.3 is 28.8 Å². The van der Waals surface area contributed by atoms with Crippen molar-refractivity contribution in [2.24, 2.45) is 0 Å². The van der Waals surface area contributed by atoms with Crippen LogP contribution in [0.25, 0.3) is 22.0 Å². The molecule has 0 radical (unpaired) electrons. The number of carbonyl (C=O) groups is 1. The molecule has 1 N–H and O–H groups in total. The van der Waals surface area contributed by atoms with Crippen LogP contribution in [-0.2, 0) is 24.2 Å². The molecule has 4 aromatic rings. The molecule has 3 heterocycles. The predicted octanol–water partition coefficient (Wildman–Crippen LogP) is 5.34. The summed E-state index contributed by atoms with van der Waals surface area (Å²) in [7, 11) is 1.67. The van der Waals surface area contributed by atoms with Gasteiger partial charge in [0.05, 0.1) is 37.7 Å². The van der Waals surface area contributed by atoms with E-state index in [4.69, 9.17) is 28.8 Å². The third-order valence-electron chi connectivity index (χ3n) is 7.38. The Kier molecular flexibility index (Phi) is 7.31. The minimum Gasteiger partial charge on any atom is -0.494 e. The van der Waals surface area contributed by atoms with Crippen LogP contribution in [0.1, 0.15) is 30.4 Å². The fourth-order valence-electron chi connectivity index (χ4n) is 5.33. The maximum atomic E-state index is 10.8. The topological polar surface area (TPSA) is 87.3 Å². The van der Waals surface area contributed by atoms with Crippen LogP contribution in [0.3, 0.4) is 0 Å². The Hall–Kier alpha value is -4.46. The van der Waals surface area contributed by atoms with Crippen LogP contribution >= 0.6 is 0 Å². The number of carboxylic acid groups (broad SMARTS) is 1. The normalized spacial score (nSPS) is 13.0. The first-order valence-corrected chi connectivity index (χ1v) is 13.6. The molecule has 0 unspecified atom stereocenters. The van der Waals surface area contributed by atoms with Gasteiger partial charge in [-0.1, -0.05) is 12.1 Å². The second kappa shape index (κ2) is 11.3. The Morgan fingerprint density at radius 2 is 1.73 bits per heavy atom. The van der Waals surface area contributed by atoms with Crippen LogP contribution in [0.15, 0.2) is 60.8 Å². The van der Waals surface area contributed by atoms with Crippen LogP contribution in [-0.4, -0.2) is 38.2 Å². The molecule has 3 aromatic carbocycles. The molecule has 0 saturated carbocycles. The third-order valence-corrected chi connectivity index (χ3v) is 7.38. The number of hydrogen-bond acceptors (Lipinski definition) is 6. The summed E-state index contributed by atoms with van der Waals surface area (Å²) in [6, 6.07) is 17.7. The quantitative estimate of drug-likeness (QED) is 0.202. The summed E-state index contributed by atoms with van der Waals surface area (Å²) >= 11 is 0. The molecule has 40 heavy (non-hydrogen) atoms. The maximum Gasteiger partial charge on any atom is 0.307 e. The molecule has 2 aliphatic heterocycles. The van der Waals surface area contributed by atoms with Gasteiger partial charge in [0.2, 0.25) is 12.5 Å². The number of hydrogen-bond donors (Lipinski definition) is 1. The summed E-state index contributed by atoms with van der Waals surface area (Å²) in [6.07, 6.45) is 5.85. The Morgan fingerprint density at radius 3 is 2.50 bits per heavy atom. The first-order valence-electron chi connectivity index (χ1n) is 13.6. The zero-order valence-electron chi connectivity index (χ0n) is 22.5. The standard InChI is InChI=1S/C32H31NO7/c1-36-28-10-7-22-16-27-25-18-30-29(39-20-40-30)17-23(25)11-12-33(27)19-26(22)32(28)38-14-4-2-3-13-37-24-8-5-21(6-9-24)15-31(34)35/h5-10,16-19H,2-4,11-15,20H2,1H3/p+1. The van der Waals surface area contributed by atoms with E-state index in [1.165, 1.54) is 11.1 Å². The van der Waals surface area contributed by atoms with Crippen molar-refractivity contribution < 1.29 is 38.2 Å². The Balaban J connectivity index is 1.08. The van der Waals surface area contributed by atoms with Crippen LogP contribution in [0.5, 0.6) is 28.7 Å². The van der Waals surface area contributed by atoms with Gasteiger partial charge in [-0.15, -0.1) is 0 Å². The minimum absolute atomic E-state index is 0.0176. The molecule has 2 aliphatic rings. The molecule has 0 spiro atoms. The predicted molar refractivity (Wildman–Crippen MR) is 149 cm³/mol. The molecule has 206 valence electrons.